The van der Waals surface area contributed by atoms with Crippen molar-refractivity contribution in [3.63, 3.8) is 0 Å². The average Bonchev–Trinajstić information content (AvgIpc) is 2.82. The Morgan fingerprint density at radius 1 is 1.24 bits per heavy atom. The number of hydrogen-bond acceptors (Lipinski definition) is 6. The molecular formula is C25H33FN2O5. The number of rotatable bonds is 12. The van der Waals surface area contributed by atoms with Gasteiger partial charge in [0, 0.05) is 39.8 Å². The second kappa shape index (κ2) is 13.3. The number of nitrogens with zero attached hydrogens (tertiary/aromatic N) is 2. The molecule has 0 unspecified atom stereocenters. The Balaban J connectivity index is 1.48. The number of carbonyl (C=O) groups excluding carboxylic acids is 1. The molecule has 1 aliphatic rings. The van der Waals surface area contributed by atoms with Crippen molar-refractivity contribution in [3.8, 4) is 5.75 Å². The van der Waals surface area contributed by atoms with Crippen LogP contribution in [-0.4, -0.2) is 92.7 Å². The van der Waals surface area contributed by atoms with Gasteiger partial charge in [-0.2, -0.15) is 0 Å². The molecule has 2 aromatic rings. The highest BCUT2D eigenvalue weighted by molar-refractivity contribution is 5.78. The van der Waals surface area contributed by atoms with E-state index in [1.165, 1.54) is 24.3 Å². The van der Waals surface area contributed by atoms with Gasteiger partial charge in [-0.15, -0.1) is 0 Å². The summed E-state index contributed by atoms with van der Waals surface area (Å²) in [4.78, 5) is 16.8. The average molecular weight is 461 g/mol. The maximum atomic E-state index is 13.0. The Bertz CT molecular complexity index is 836. The van der Waals surface area contributed by atoms with E-state index in [1.54, 1.807) is 12.0 Å². The fraction of sp³-hybridized carbons (Fsp3) is 0.480. The summed E-state index contributed by atoms with van der Waals surface area (Å²) in [5, 5.41) is 10.4. The molecule has 0 aliphatic carbocycles. The second-order valence-corrected chi connectivity index (χ2v) is 8.17. The highest BCUT2D eigenvalue weighted by atomic mass is 19.1. The van der Waals surface area contributed by atoms with Crippen molar-refractivity contribution in [1.82, 2.24) is 9.80 Å². The lowest BCUT2D eigenvalue weighted by atomic mass is 10.1. The number of ether oxygens (including phenoxy) is 3. The summed E-state index contributed by atoms with van der Waals surface area (Å²) in [6.45, 7) is 3.79. The quantitative estimate of drug-likeness (QED) is 0.522. The van der Waals surface area contributed by atoms with Crippen LogP contribution in [0.5, 0.6) is 5.75 Å². The van der Waals surface area contributed by atoms with E-state index < -0.39 is 6.10 Å². The van der Waals surface area contributed by atoms with Crippen molar-refractivity contribution in [3.05, 3.63) is 66.0 Å². The highest BCUT2D eigenvalue weighted by Crippen LogP contribution is 2.13. The van der Waals surface area contributed by atoms with E-state index in [4.69, 9.17) is 14.2 Å². The van der Waals surface area contributed by atoms with Crippen molar-refractivity contribution in [2.45, 2.75) is 18.6 Å². The van der Waals surface area contributed by atoms with E-state index >= 15 is 0 Å². The normalized spacial score (nSPS) is 17.5. The minimum absolute atomic E-state index is 0.0340. The topological polar surface area (TPSA) is 71.5 Å². The Kier molecular flexibility index (Phi) is 10.1. The van der Waals surface area contributed by atoms with Crippen LogP contribution in [0, 0.1) is 5.82 Å². The zero-order chi connectivity index (χ0) is 23.5. The summed E-state index contributed by atoms with van der Waals surface area (Å²) in [6.07, 6.45) is -0.515. The molecule has 1 saturated heterocycles. The number of methoxy groups -OCH3 is 1. The van der Waals surface area contributed by atoms with Gasteiger partial charge >= 0.3 is 0 Å². The molecule has 0 spiro atoms. The van der Waals surface area contributed by atoms with E-state index in [2.05, 4.69) is 4.90 Å². The molecule has 7 nitrogen and oxygen atoms in total. The molecule has 2 aromatic carbocycles. The van der Waals surface area contributed by atoms with E-state index in [-0.39, 0.29) is 24.4 Å². The van der Waals surface area contributed by atoms with Crippen LogP contribution in [0.1, 0.15) is 5.56 Å². The van der Waals surface area contributed by atoms with Crippen molar-refractivity contribution in [1.29, 1.82) is 0 Å². The third kappa shape index (κ3) is 8.74. The third-order valence-electron chi connectivity index (χ3n) is 5.49. The molecule has 1 fully saturated rings. The minimum Gasteiger partial charge on any atom is -0.491 e. The molecule has 0 aromatic heterocycles. The zero-order valence-corrected chi connectivity index (χ0v) is 19.1. The fourth-order valence-electron chi connectivity index (χ4n) is 3.78. The molecule has 0 radical (unpaired) electrons. The Morgan fingerprint density at radius 3 is 2.73 bits per heavy atom. The van der Waals surface area contributed by atoms with Gasteiger partial charge in [0.05, 0.1) is 25.7 Å². The first-order valence-corrected chi connectivity index (χ1v) is 11.2. The van der Waals surface area contributed by atoms with Crippen LogP contribution in [0.25, 0.3) is 0 Å². The van der Waals surface area contributed by atoms with Crippen LogP contribution in [0.2, 0.25) is 0 Å². The maximum Gasteiger partial charge on any atom is 0.227 e. The predicted octanol–water partition coefficient (Wildman–Crippen LogP) is 1.98. The summed E-state index contributed by atoms with van der Waals surface area (Å²) in [5.41, 5.74) is 0.973. The molecule has 3 rings (SSSR count). The Labute approximate surface area is 194 Å². The lowest BCUT2D eigenvalue weighted by molar-refractivity contribution is -0.135. The van der Waals surface area contributed by atoms with Crippen LogP contribution >= 0.6 is 0 Å². The molecule has 8 heteroatoms. The second-order valence-electron chi connectivity index (χ2n) is 8.17. The number of amides is 1. The van der Waals surface area contributed by atoms with Gasteiger partial charge in [0.25, 0.3) is 0 Å². The molecule has 1 amide bonds. The first-order chi connectivity index (χ1) is 16.0. The van der Waals surface area contributed by atoms with Gasteiger partial charge in [-0.3, -0.25) is 9.69 Å². The predicted molar refractivity (Wildman–Crippen MR) is 123 cm³/mol. The number of aliphatic hydroxyl groups is 1. The smallest absolute Gasteiger partial charge is 0.227 e. The molecule has 1 N–H and O–H groups in total. The van der Waals surface area contributed by atoms with Gasteiger partial charge in [-0.25, -0.2) is 4.39 Å². The zero-order valence-electron chi connectivity index (χ0n) is 19.1. The number of aliphatic hydroxyl groups excluding tert-OH is 1. The first-order valence-electron chi connectivity index (χ1n) is 11.2. The van der Waals surface area contributed by atoms with Crippen LogP contribution in [0.15, 0.2) is 54.6 Å². The van der Waals surface area contributed by atoms with Crippen molar-refractivity contribution in [2.24, 2.45) is 0 Å². The van der Waals surface area contributed by atoms with Gasteiger partial charge in [-0.05, 0) is 29.8 Å². The van der Waals surface area contributed by atoms with E-state index in [9.17, 15) is 14.3 Å². The first kappa shape index (κ1) is 25.1. The van der Waals surface area contributed by atoms with Gasteiger partial charge in [0.1, 0.15) is 24.3 Å². The van der Waals surface area contributed by atoms with Crippen molar-refractivity contribution in [2.75, 3.05) is 59.7 Å². The standard InChI is InChI=1S/C25H33FN2O5/c1-31-13-12-28(25(30)15-20-5-3-2-4-6-20)18-24-17-27(11-14-32-24)16-22(29)19-33-23-9-7-21(26)8-10-23/h2-10,22,24,29H,11-19H2,1H3/t22-,24+/m0/s1. The third-order valence-corrected chi connectivity index (χ3v) is 5.49. The van der Waals surface area contributed by atoms with Crippen molar-refractivity contribution >= 4 is 5.91 Å². The van der Waals surface area contributed by atoms with Gasteiger partial charge < -0.3 is 24.2 Å². The maximum absolute atomic E-state index is 13.0. The molecular weight excluding hydrogens is 427 g/mol. The SMILES string of the molecule is COCCN(C[C@H]1CN(C[C@H](O)COc2ccc(F)cc2)CCO1)C(=O)Cc1ccccc1. The van der Waals surface area contributed by atoms with Crippen molar-refractivity contribution < 1.29 is 28.5 Å². The summed E-state index contributed by atoms with van der Waals surface area (Å²) >= 11 is 0. The lowest BCUT2D eigenvalue weighted by Gasteiger charge is -2.36. The fourth-order valence-corrected chi connectivity index (χ4v) is 3.78. The number of halogens is 1. The van der Waals surface area contributed by atoms with Gasteiger partial charge in [0.15, 0.2) is 0 Å². The largest absolute Gasteiger partial charge is 0.491 e. The Morgan fingerprint density at radius 2 is 2.00 bits per heavy atom. The van der Waals surface area contributed by atoms with Crippen LogP contribution in [0.3, 0.4) is 0 Å². The van der Waals surface area contributed by atoms with E-state index in [0.29, 0.717) is 58.1 Å². The van der Waals surface area contributed by atoms with Gasteiger partial charge in [0.2, 0.25) is 5.91 Å². The monoisotopic (exact) mass is 460 g/mol. The van der Waals surface area contributed by atoms with Crippen LogP contribution in [-0.2, 0) is 20.7 Å². The molecule has 2 atom stereocenters. The summed E-state index contributed by atoms with van der Waals surface area (Å²) in [6, 6.07) is 15.4. The molecule has 0 saturated carbocycles. The van der Waals surface area contributed by atoms with Crippen LogP contribution in [0.4, 0.5) is 4.39 Å². The van der Waals surface area contributed by atoms with E-state index in [1.807, 2.05) is 30.3 Å². The molecule has 1 aliphatic heterocycles. The summed E-state index contributed by atoms with van der Waals surface area (Å²) < 4.78 is 29.7. The lowest BCUT2D eigenvalue weighted by Crippen LogP contribution is -2.51. The molecule has 0 bridgehead atoms. The number of hydrogen-bond donors (Lipinski definition) is 1. The molecule has 33 heavy (non-hydrogen) atoms. The highest BCUT2D eigenvalue weighted by Gasteiger charge is 2.26. The van der Waals surface area contributed by atoms with Crippen LogP contribution < -0.4 is 4.74 Å². The number of morpholine rings is 1. The minimum atomic E-state index is -0.696. The summed E-state index contributed by atoms with van der Waals surface area (Å²) in [7, 11) is 1.62. The molecule has 180 valence electrons. The molecule has 1 heterocycles. The number of β-amino-alcohol motifs (C(OH)–C–C–N with tert-alkyl or cyclic N) is 1. The number of carbonyl (C=O) groups is 1. The Hall–Kier alpha value is -2.52. The number of benzene rings is 2. The van der Waals surface area contributed by atoms with Gasteiger partial charge in [-0.1, -0.05) is 30.3 Å². The van der Waals surface area contributed by atoms with E-state index in [0.717, 1.165) is 5.56 Å². The summed E-state index contributed by atoms with van der Waals surface area (Å²) in [5.74, 6) is 0.219.